The van der Waals surface area contributed by atoms with Gasteiger partial charge in [0.25, 0.3) is 5.56 Å². The molecule has 1 fully saturated rings. The zero-order valence-corrected chi connectivity index (χ0v) is 20.7. The monoisotopic (exact) mass is 505 g/mol. The summed E-state index contributed by atoms with van der Waals surface area (Å²) in [7, 11) is -3.43. The summed E-state index contributed by atoms with van der Waals surface area (Å²) in [5.74, 6) is 0.427. The smallest absolute Gasteiger partial charge is 0.259 e. The molecule has 1 saturated heterocycles. The Morgan fingerprint density at radius 3 is 2.61 bits per heavy atom. The molecule has 0 aliphatic carbocycles. The molecule has 4 heterocycles. The molecule has 0 bridgehead atoms. The molecule has 0 unspecified atom stereocenters. The number of sulfone groups is 1. The van der Waals surface area contributed by atoms with Gasteiger partial charge in [0.2, 0.25) is 0 Å². The van der Waals surface area contributed by atoms with Crippen LogP contribution < -0.4 is 15.8 Å². The van der Waals surface area contributed by atoms with E-state index in [0.29, 0.717) is 47.5 Å². The van der Waals surface area contributed by atoms with Gasteiger partial charge in [-0.2, -0.15) is 0 Å². The summed E-state index contributed by atoms with van der Waals surface area (Å²) in [6.07, 6.45) is 5.03. The van der Waals surface area contributed by atoms with Gasteiger partial charge in [-0.05, 0) is 54.3 Å². The number of pyridine rings is 3. The molecule has 36 heavy (non-hydrogen) atoms. The molecule has 10 heteroatoms. The van der Waals surface area contributed by atoms with E-state index in [1.54, 1.807) is 30.6 Å². The molecule has 1 aliphatic rings. The van der Waals surface area contributed by atoms with Crippen LogP contribution in [0.2, 0.25) is 0 Å². The minimum atomic E-state index is -3.43. The summed E-state index contributed by atoms with van der Waals surface area (Å²) in [5, 5.41) is 4.38. The third-order valence-corrected chi connectivity index (χ3v) is 7.99. The van der Waals surface area contributed by atoms with Crippen LogP contribution in [-0.4, -0.2) is 55.4 Å². The van der Waals surface area contributed by atoms with Gasteiger partial charge in [0.05, 0.1) is 34.9 Å². The summed E-state index contributed by atoms with van der Waals surface area (Å²) >= 11 is 0. The van der Waals surface area contributed by atoms with Crippen molar-refractivity contribution in [2.45, 2.75) is 18.2 Å². The summed E-state index contributed by atoms with van der Waals surface area (Å²) in [6.45, 7) is 4.93. The Balaban J connectivity index is 1.53. The SMILES string of the molecule is CCCS(=O)(=O)c1cncc(-c2cc3cc[nH]c(=O)c3c(Nc3ccc(N4CCOCC4)cc3)n2)c1. The maximum Gasteiger partial charge on any atom is 0.259 e. The van der Waals surface area contributed by atoms with Crippen molar-refractivity contribution < 1.29 is 13.2 Å². The number of hydrogen-bond acceptors (Lipinski definition) is 8. The zero-order chi connectivity index (χ0) is 25.1. The lowest BCUT2D eigenvalue weighted by atomic mass is 10.1. The molecule has 5 rings (SSSR count). The first-order valence-corrected chi connectivity index (χ1v) is 13.5. The maximum absolute atomic E-state index is 12.7. The number of anilines is 3. The molecule has 2 N–H and O–H groups in total. The Hall–Kier alpha value is -3.76. The van der Waals surface area contributed by atoms with Crippen molar-refractivity contribution in [1.29, 1.82) is 0 Å². The fraction of sp³-hybridized carbons (Fsp3) is 0.269. The number of morpholine rings is 1. The van der Waals surface area contributed by atoms with Crippen molar-refractivity contribution in [2.24, 2.45) is 0 Å². The molecular weight excluding hydrogens is 478 g/mol. The van der Waals surface area contributed by atoms with E-state index in [1.807, 2.05) is 31.2 Å². The third kappa shape index (κ3) is 4.95. The third-order valence-electron chi connectivity index (χ3n) is 6.10. The number of nitrogens with zero attached hydrogens (tertiary/aromatic N) is 3. The van der Waals surface area contributed by atoms with Crippen LogP contribution in [0, 0.1) is 0 Å². The second kappa shape index (κ2) is 10.1. The molecule has 0 radical (unpaired) electrons. The molecular formula is C26H27N5O4S. The molecule has 1 aliphatic heterocycles. The second-order valence-corrected chi connectivity index (χ2v) is 10.7. The number of aromatic nitrogens is 3. The Morgan fingerprint density at radius 1 is 1.08 bits per heavy atom. The Bertz CT molecular complexity index is 1550. The summed E-state index contributed by atoms with van der Waals surface area (Å²) in [4.78, 5) is 26.7. The van der Waals surface area contributed by atoms with Crippen molar-refractivity contribution in [2.75, 3.05) is 42.3 Å². The maximum atomic E-state index is 12.7. The number of hydrogen-bond donors (Lipinski definition) is 2. The van der Waals surface area contributed by atoms with Gasteiger partial charge < -0.3 is 19.9 Å². The van der Waals surface area contributed by atoms with Crippen molar-refractivity contribution in [1.82, 2.24) is 15.0 Å². The highest BCUT2D eigenvalue weighted by Crippen LogP contribution is 2.29. The summed E-state index contributed by atoms with van der Waals surface area (Å²) in [6, 6.07) is 13.1. The Kier molecular flexibility index (Phi) is 6.71. The standard InChI is InChI=1S/C26H27N5O4S/c1-2-13-36(33,34)22-14-19(16-27-17-22)23-15-18-7-8-28-26(32)24(18)25(30-23)29-20-3-5-21(6-4-20)31-9-11-35-12-10-31/h3-8,14-17H,2,9-13H2,1H3,(H,28,32)(H,29,30). The Labute approximate surface area is 209 Å². The number of fused-ring (bicyclic) bond motifs is 1. The topological polar surface area (TPSA) is 117 Å². The van der Waals surface area contributed by atoms with E-state index in [2.05, 4.69) is 20.2 Å². The van der Waals surface area contributed by atoms with Crippen LogP contribution in [0.25, 0.3) is 22.0 Å². The van der Waals surface area contributed by atoms with E-state index in [4.69, 9.17) is 9.72 Å². The van der Waals surface area contributed by atoms with Crippen LogP contribution in [0.15, 0.2) is 70.7 Å². The van der Waals surface area contributed by atoms with E-state index in [-0.39, 0.29) is 16.2 Å². The highest BCUT2D eigenvalue weighted by Gasteiger charge is 2.17. The van der Waals surface area contributed by atoms with Crippen LogP contribution in [0.1, 0.15) is 13.3 Å². The number of H-pyrrole nitrogens is 1. The van der Waals surface area contributed by atoms with Gasteiger partial charge in [-0.15, -0.1) is 0 Å². The van der Waals surface area contributed by atoms with Crippen molar-refractivity contribution >= 4 is 37.8 Å². The minimum absolute atomic E-state index is 0.0475. The second-order valence-electron chi connectivity index (χ2n) is 8.63. The molecule has 0 saturated carbocycles. The van der Waals surface area contributed by atoms with Crippen LogP contribution >= 0.6 is 0 Å². The van der Waals surface area contributed by atoms with Gasteiger partial charge in [-0.1, -0.05) is 6.92 Å². The van der Waals surface area contributed by atoms with E-state index in [1.165, 1.54) is 6.20 Å². The first-order valence-electron chi connectivity index (χ1n) is 11.8. The van der Waals surface area contributed by atoms with Crippen molar-refractivity contribution in [3.05, 3.63) is 71.4 Å². The van der Waals surface area contributed by atoms with Gasteiger partial charge in [0.1, 0.15) is 5.82 Å². The average Bonchev–Trinajstić information content (AvgIpc) is 2.89. The van der Waals surface area contributed by atoms with Gasteiger partial charge in [-0.3, -0.25) is 9.78 Å². The van der Waals surface area contributed by atoms with E-state index >= 15 is 0 Å². The lowest BCUT2D eigenvalue weighted by Gasteiger charge is -2.28. The zero-order valence-electron chi connectivity index (χ0n) is 19.9. The summed E-state index contributed by atoms with van der Waals surface area (Å²) < 4.78 is 30.6. The molecule has 1 aromatic carbocycles. The first kappa shape index (κ1) is 24.0. The average molecular weight is 506 g/mol. The number of aromatic amines is 1. The van der Waals surface area contributed by atoms with Crippen LogP contribution in [0.4, 0.5) is 17.2 Å². The Morgan fingerprint density at radius 2 is 1.86 bits per heavy atom. The van der Waals surface area contributed by atoms with E-state index < -0.39 is 9.84 Å². The molecule has 0 atom stereocenters. The number of ether oxygens (including phenoxy) is 1. The molecule has 186 valence electrons. The first-order chi connectivity index (χ1) is 17.4. The lowest BCUT2D eigenvalue weighted by molar-refractivity contribution is 0.122. The van der Waals surface area contributed by atoms with Crippen molar-refractivity contribution in [3.63, 3.8) is 0 Å². The number of nitrogens with one attached hydrogen (secondary N) is 2. The molecule has 0 amide bonds. The minimum Gasteiger partial charge on any atom is -0.378 e. The van der Waals surface area contributed by atoms with Gasteiger partial charge in [0.15, 0.2) is 9.84 Å². The van der Waals surface area contributed by atoms with E-state index in [0.717, 1.165) is 24.5 Å². The van der Waals surface area contributed by atoms with Crippen LogP contribution in [0.3, 0.4) is 0 Å². The predicted molar refractivity (Wildman–Crippen MR) is 141 cm³/mol. The predicted octanol–water partition coefficient (Wildman–Crippen LogP) is 3.75. The summed E-state index contributed by atoms with van der Waals surface area (Å²) in [5.41, 5.74) is 2.68. The fourth-order valence-electron chi connectivity index (χ4n) is 4.28. The van der Waals surface area contributed by atoms with Crippen LogP contribution in [0.5, 0.6) is 0 Å². The largest absolute Gasteiger partial charge is 0.378 e. The lowest BCUT2D eigenvalue weighted by Crippen LogP contribution is -2.36. The molecule has 4 aromatic rings. The molecule has 9 nitrogen and oxygen atoms in total. The molecule has 3 aromatic heterocycles. The molecule has 0 spiro atoms. The number of rotatable bonds is 7. The highest BCUT2D eigenvalue weighted by molar-refractivity contribution is 7.91. The highest BCUT2D eigenvalue weighted by atomic mass is 32.2. The quantitative estimate of drug-likeness (QED) is 0.390. The van der Waals surface area contributed by atoms with Crippen molar-refractivity contribution in [3.8, 4) is 11.3 Å². The van der Waals surface area contributed by atoms with Gasteiger partial charge in [-0.25, -0.2) is 13.4 Å². The van der Waals surface area contributed by atoms with Gasteiger partial charge >= 0.3 is 0 Å². The van der Waals surface area contributed by atoms with E-state index in [9.17, 15) is 13.2 Å². The fourth-order valence-corrected chi connectivity index (χ4v) is 5.58. The van der Waals surface area contributed by atoms with Crippen LogP contribution in [-0.2, 0) is 14.6 Å². The number of benzene rings is 1. The van der Waals surface area contributed by atoms with Gasteiger partial charge in [0, 0.05) is 48.6 Å². The normalized spacial score (nSPS) is 14.2.